The highest BCUT2D eigenvalue weighted by Crippen LogP contribution is 2.43. The summed E-state index contributed by atoms with van der Waals surface area (Å²) in [5.74, 6) is -0.853. The van der Waals surface area contributed by atoms with E-state index >= 15 is 0 Å². The Morgan fingerprint density at radius 3 is 2.27 bits per heavy atom. The van der Waals surface area contributed by atoms with Crippen LogP contribution in [0.1, 0.15) is 22.5 Å². The van der Waals surface area contributed by atoms with Gasteiger partial charge >= 0.3 is 5.97 Å². The van der Waals surface area contributed by atoms with Gasteiger partial charge in [-0.3, -0.25) is 4.79 Å². The molecule has 4 nitrogen and oxygen atoms in total. The number of hydrogen-bond donors (Lipinski definition) is 1. The smallest absolute Gasteiger partial charge is 0.331 e. The van der Waals surface area contributed by atoms with Crippen LogP contribution in [0.2, 0.25) is 0 Å². The molecule has 2 aromatic carbocycles. The van der Waals surface area contributed by atoms with Crippen LogP contribution in [0, 0.1) is 0 Å². The highest BCUT2D eigenvalue weighted by Gasteiger charge is 2.41. The van der Waals surface area contributed by atoms with Crippen LogP contribution >= 0.6 is 11.8 Å². The van der Waals surface area contributed by atoms with Crippen molar-refractivity contribution in [1.82, 2.24) is 4.90 Å². The van der Waals surface area contributed by atoms with E-state index in [9.17, 15) is 14.7 Å². The summed E-state index contributed by atoms with van der Waals surface area (Å²) < 4.78 is 0. The van der Waals surface area contributed by atoms with Crippen LogP contribution in [0.4, 0.5) is 0 Å². The van der Waals surface area contributed by atoms with Gasteiger partial charge in [0.25, 0.3) is 0 Å². The van der Waals surface area contributed by atoms with Gasteiger partial charge in [0.2, 0.25) is 5.91 Å². The van der Waals surface area contributed by atoms with Gasteiger partial charge in [0.05, 0.1) is 5.75 Å². The SMILES string of the molecule is O=C(O)C(c1ccccc1)N1C(=O)CSC1c1ccccc1. The summed E-state index contributed by atoms with van der Waals surface area (Å²) in [6.45, 7) is 0. The number of amides is 1. The molecule has 112 valence electrons. The van der Waals surface area contributed by atoms with E-state index in [2.05, 4.69) is 0 Å². The first-order valence-electron chi connectivity index (χ1n) is 6.94. The van der Waals surface area contributed by atoms with Crippen LogP contribution in [0.25, 0.3) is 0 Å². The summed E-state index contributed by atoms with van der Waals surface area (Å²) in [6, 6.07) is 17.5. The lowest BCUT2D eigenvalue weighted by Crippen LogP contribution is -2.37. The normalized spacial score (nSPS) is 19.2. The number of carboxylic acids is 1. The van der Waals surface area contributed by atoms with Gasteiger partial charge in [-0.05, 0) is 11.1 Å². The number of hydrogen-bond acceptors (Lipinski definition) is 3. The summed E-state index contributed by atoms with van der Waals surface area (Å²) in [5.41, 5.74) is 1.56. The second-order valence-corrected chi connectivity index (χ2v) is 6.10. The van der Waals surface area contributed by atoms with E-state index in [1.807, 2.05) is 36.4 Å². The zero-order valence-corrected chi connectivity index (χ0v) is 12.6. The summed E-state index contributed by atoms with van der Waals surface area (Å²) in [7, 11) is 0. The van der Waals surface area contributed by atoms with Crippen molar-refractivity contribution >= 4 is 23.6 Å². The highest BCUT2D eigenvalue weighted by atomic mass is 32.2. The topological polar surface area (TPSA) is 57.6 Å². The number of carbonyl (C=O) groups excluding carboxylic acids is 1. The number of aliphatic carboxylic acids is 1. The fraction of sp³-hybridized carbons (Fsp3) is 0.176. The second-order valence-electron chi connectivity index (χ2n) is 5.03. The largest absolute Gasteiger partial charge is 0.479 e. The third-order valence-corrected chi connectivity index (χ3v) is 4.85. The highest BCUT2D eigenvalue weighted by molar-refractivity contribution is 8.00. The summed E-state index contributed by atoms with van der Waals surface area (Å²) >= 11 is 1.47. The average molecular weight is 313 g/mol. The van der Waals surface area contributed by atoms with Gasteiger partial charge in [-0.2, -0.15) is 0 Å². The molecule has 1 heterocycles. The number of carbonyl (C=O) groups is 2. The Balaban J connectivity index is 2.01. The molecular formula is C17H15NO3S. The first kappa shape index (κ1) is 14.7. The molecule has 1 aliphatic rings. The number of rotatable bonds is 4. The lowest BCUT2D eigenvalue weighted by molar-refractivity contribution is -0.149. The van der Waals surface area contributed by atoms with Crippen molar-refractivity contribution in [2.45, 2.75) is 11.4 Å². The number of nitrogens with zero attached hydrogens (tertiary/aromatic N) is 1. The van der Waals surface area contributed by atoms with Crippen molar-refractivity contribution in [2.75, 3.05) is 5.75 Å². The first-order valence-corrected chi connectivity index (χ1v) is 7.99. The average Bonchev–Trinajstić information content (AvgIpc) is 2.91. The van der Waals surface area contributed by atoms with Gasteiger partial charge in [0.15, 0.2) is 6.04 Å². The Morgan fingerprint density at radius 1 is 1.09 bits per heavy atom. The molecule has 1 fully saturated rings. The molecule has 0 aromatic heterocycles. The number of carboxylic acid groups (broad SMARTS) is 1. The monoisotopic (exact) mass is 313 g/mol. The van der Waals surface area contributed by atoms with Crippen LogP contribution in [-0.2, 0) is 9.59 Å². The molecule has 1 saturated heterocycles. The zero-order chi connectivity index (χ0) is 15.5. The van der Waals surface area contributed by atoms with Crippen molar-refractivity contribution in [3.05, 3.63) is 71.8 Å². The van der Waals surface area contributed by atoms with Gasteiger partial charge in [-0.1, -0.05) is 60.7 Å². The second kappa shape index (κ2) is 6.23. The third-order valence-electron chi connectivity index (χ3n) is 3.62. The molecule has 5 heteroatoms. The van der Waals surface area contributed by atoms with E-state index in [-0.39, 0.29) is 11.3 Å². The van der Waals surface area contributed by atoms with Crippen LogP contribution < -0.4 is 0 Å². The van der Waals surface area contributed by atoms with Gasteiger partial charge in [-0.25, -0.2) is 4.79 Å². The minimum atomic E-state index is -1.01. The van der Waals surface area contributed by atoms with Gasteiger partial charge in [0, 0.05) is 0 Å². The molecule has 1 amide bonds. The number of benzene rings is 2. The molecule has 0 saturated carbocycles. The van der Waals surface area contributed by atoms with Crippen molar-refractivity contribution in [2.24, 2.45) is 0 Å². The molecule has 2 aromatic rings. The predicted octanol–water partition coefficient (Wildman–Crippen LogP) is 3.09. The first-order chi connectivity index (χ1) is 10.7. The van der Waals surface area contributed by atoms with E-state index in [0.717, 1.165) is 5.56 Å². The Kier molecular flexibility index (Phi) is 4.15. The molecule has 2 atom stereocenters. The van der Waals surface area contributed by atoms with E-state index < -0.39 is 12.0 Å². The van der Waals surface area contributed by atoms with E-state index in [1.165, 1.54) is 16.7 Å². The Morgan fingerprint density at radius 2 is 1.68 bits per heavy atom. The minimum Gasteiger partial charge on any atom is -0.479 e. The standard InChI is InChI=1S/C17H15NO3S/c19-14-11-22-16(13-9-5-2-6-10-13)18(14)15(17(20)21)12-7-3-1-4-8-12/h1-10,15-16H,11H2,(H,20,21). The lowest BCUT2D eigenvalue weighted by atomic mass is 10.0. The maximum Gasteiger partial charge on any atom is 0.331 e. The summed E-state index contributed by atoms with van der Waals surface area (Å²) in [6.07, 6.45) is 0. The van der Waals surface area contributed by atoms with Crippen molar-refractivity contribution < 1.29 is 14.7 Å². The fourth-order valence-electron chi connectivity index (χ4n) is 2.65. The molecule has 0 bridgehead atoms. The molecule has 3 rings (SSSR count). The molecule has 2 unspecified atom stereocenters. The van der Waals surface area contributed by atoms with Crippen LogP contribution in [-0.4, -0.2) is 27.6 Å². The Bertz CT molecular complexity index is 675. The van der Waals surface area contributed by atoms with Crippen molar-refractivity contribution in [1.29, 1.82) is 0 Å². The summed E-state index contributed by atoms with van der Waals surface area (Å²) in [5, 5.41) is 9.40. The fourth-order valence-corrected chi connectivity index (χ4v) is 3.85. The predicted molar refractivity (Wildman–Crippen MR) is 85.3 cm³/mol. The van der Waals surface area contributed by atoms with Gasteiger partial charge < -0.3 is 10.0 Å². The van der Waals surface area contributed by atoms with Crippen molar-refractivity contribution in [3.63, 3.8) is 0 Å². The molecule has 0 spiro atoms. The Labute approximate surface area is 132 Å². The molecule has 1 N–H and O–H groups in total. The van der Waals surface area contributed by atoms with Crippen molar-refractivity contribution in [3.8, 4) is 0 Å². The maximum absolute atomic E-state index is 12.3. The molecule has 0 radical (unpaired) electrons. The van der Waals surface area contributed by atoms with Crippen LogP contribution in [0.5, 0.6) is 0 Å². The summed E-state index contributed by atoms with van der Waals surface area (Å²) in [4.78, 5) is 25.6. The van der Waals surface area contributed by atoms with Gasteiger partial charge in [0.1, 0.15) is 5.37 Å². The Hall–Kier alpha value is -2.27. The quantitative estimate of drug-likeness (QED) is 0.942. The van der Waals surface area contributed by atoms with E-state index in [0.29, 0.717) is 11.3 Å². The third kappa shape index (κ3) is 2.72. The lowest BCUT2D eigenvalue weighted by Gasteiger charge is -2.30. The van der Waals surface area contributed by atoms with E-state index in [4.69, 9.17) is 0 Å². The number of thioether (sulfide) groups is 1. The minimum absolute atomic E-state index is 0.143. The molecular weight excluding hydrogens is 298 g/mol. The van der Waals surface area contributed by atoms with Crippen LogP contribution in [0.3, 0.4) is 0 Å². The zero-order valence-electron chi connectivity index (χ0n) is 11.8. The van der Waals surface area contributed by atoms with Gasteiger partial charge in [-0.15, -0.1) is 11.8 Å². The molecule has 22 heavy (non-hydrogen) atoms. The van der Waals surface area contributed by atoms with E-state index in [1.54, 1.807) is 24.3 Å². The van der Waals surface area contributed by atoms with Crippen LogP contribution in [0.15, 0.2) is 60.7 Å². The molecule has 0 aliphatic carbocycles. The molecule has 1 aliphatic heterocycles. The maximum atomic E-state index is 12.3.